The summed E-state index contributed by atoms with van der Waals surface area (Å²) in [6.45, 7) is 0.727. The summed E-state index contributed by atoms with van der Waals surface area (Å²) >= 11 is 0. The van der Waals surface area contributed by atoms with Crippen LogP contribution in [0, 0.1) is 0 Å². The van der Waals surface area contributed by atoms with Gasteiger partial charge in [0, 0.05) is 6.04 Å². The first kappa shape index (κ1) is 12.5. The molecule has 0 heterocycles. The lowest BCUT2D eigenvalue weighted by atomic mass is 10.0. The molecule has 6 N–H and O–H groups in total. The van der Waals surface area contributed by atoms with Gasteiger partial charge in [0.15, 0.2) is 0 Å². The van der Waals surface area contributed by atoms with Crippen LogP contribution in [0.15, 0.2) is 11.6 Å². The molecule has 0 aromatic heterocycles. The summed E-state index contributed by atoms with van der Waals surface area (Å²) in [4.78, 5) is 0. The fraction of sp³-hybridized carbons (Fsp3) is 0.750. The largest absolute Gasteiger partial charge is 0.394 e. The van der Waals surface area contributed by atoms with Gasteiger partial charge in [-0.05, 0) is 12.5 Å². The third kappa shape index (κ3) is 4.35. The van der Waals surface area contributed by atoms with Crippen LogP contribution in [-0.4, -0.2) is 51.9 Å². The van der Waals surface area contributed by atoms with Gasteiger partial charge in [-0.25, -0.2) is 0 Å². The zero-order valence-corrected chi connectivity index (χ0v) is 7.59. The molecule has 13 heavy (non-hydrogen) atoms. The molecular weight excluding hydrogens is 174 g/mol. The molecule has 0 aromatic carbocycles. The van der Waals surface area contributed by atoms with Gasteiger partial charge in [-0.15, -0.1) is 0 Å². The van der Waals surface area contributed by atoms with Gasteiger partial charge < -0.3 is 26.2 Å². The van der Waals surface area contributed by atoms with Crippen molar-refractivity contribution in [2.45, 2.75) is 25.2 Å². The molecule has 0 aliphatic rings. The number of aliphatic hydroxyl groups is 4. The maximum Gasteiger partial charge on any atom is 0.107 e. The van der Waals surface area contributed by atoms with Crippen molar-refractivity contribution in [1.82, 2.24) is 0 Å². The van der Waals surface area contributed by atoms with Crippen LogP contribution in [-0.2, 0) is 0 Å². The van der Waals surface area contributed by atoms with E-state index >= 15 is 0 Å². The van der Waals surface area contributed by atoms with Gasteiger partial charge in [-0.3, -0.25) is 0 Å². The highest BCUT2D eigenvalue weighted by molar-refractivity contribution is 5.12. The Hall–Kier alpha value is -0.460. The lowest BCUT2D eigenvalue weighted by molar-refractivity contribution is -0.000240. The van der Waals surface area contributed by atoms with Crippen molar-refractivity contribution in [3.8, 4) is 0 Å². The van der Waals surface area contributed by atoms with Crippen molar-refractivity contribution < 1.29 is 20.4 Å². The monoisotopic (exact) mass is 191 g/mol. The highest BCUT2D eigenvalue weighted by Crippen LogP contribution is 2.06. The predicted octanol–water partition coefficient (Wildman–Crippen LogP) is -2.03. The first-order chi connectivity index (χ1) is 6.02. The van der Waals surface area contributed by atoms with Gasteiger partial charge in [0.2, 0.25) is 0 Å². The zero-order chi connectivity index (χ0) is 10.4. The fourth-order valence-corrected chi connectivity index (χ4v) is 0.929. The van der Waals surface area contributed by atoms with E-state index in [1.807, 2.05) is 0 Å². The number of hydrogen-bond acceptors (Lipinski definition) is 5. The van der Waals surface area contributed by atoms with Crippen LogP contribution < -0.4 is 5.73 Å². The van der Waals surface area contributed by atoms with Crippen molar-refractivity contribution in [3.63, 3.8) is 0 Å². The van der Waals surface area contributed by atoms with Crippen molar-refractivity contribution in [2.75, 3.05) is 13.2 Å². The van der Waals surface area contributed by atoms with Crippen LogP contribution in [0.4, 0.5) is 0 Å². The van der Waals surface area contributed by atoms with E-state index in [0.717, 1.165) is 0 Å². The second kappa shape index (κ2) is 6.06. The van der Waals surface area contributed by atoms with Crippen molar-refractivity contribution >= 4 is 0 Å². The van der Waals surface area contributed by atoms with Gasteiger partial charge in [-0.1, -0.05) is 6.08 Å². The number of hydrogen-bond donors (Lipinski definition) is 5. The molecule has 3 atom stereocenters. The molecule has 0 spiro atoms. The second-order valence-corrected chi connectivity index (χ2v) is 2.95. The standard InChI is InChI=1S/C8H17NO4/c1-5(9)2-6(3-10)8(13)7(12)4-11/h2,5,7-8,10-13H,3-4,9H2,1H3/b6-2-/t5?,7?,8-/m0/s1. The molecule has 0 radical (unpaired) electrons. The summed E-state index contributed by atoms with van der Waals surface area (Å²) in [5.41, 5.74) is 5.62. The number of nitrogens with two attached hydrogens (primary N) is 1. The van der Waals surface area contributed by atoms with Crippen LogP contribution in [0.2, 0.25) is 0 Å². The van der Waals surface area contributed by atoms with E-state index in [0.29, 0.717) is 0 Å². The van der Waals surface area contributed by atoms with E-state index in [9.17, 15) is 5.11 Å². The Morgan fingerprint density at radius 3 is 2.23 bits per heavy atom. The van der Waals surface area contributed by atoms with Gasteiger partial charge in [-0.2, -0.15) is 0 Å². The summed E-state index contributed by atoms with van der Waals surface area (Å²) < 4.78 is 0. The zero-order valence-electron chi connectivity index (χ0n) is 7.59. The molecule has 0 aliphatic carbocycles. The minimum atomic E-state index is -1.28. The van der Waals surface area contributed by atoms with Gasteiger partial charge in [0.05, 0.1) is 13.2 Å². The normalized spacial score (nSPS) is 19.7. The molecule has 0 saturated heterocycles. The van der Waals surface area contributed by atoms with Gasteiger partial charge >= 0.3 is 0 Å². The Balaban J connectivity index is 4.39. The maximum absolute atomic E-state index is 9.33. The molecule has 0 saturated carbocycles. The minimum absolute atomic E-state index is 0.219. The smallest absolute Gasteiger partial charge is 0.107 e. The molecule has 0 aliphatic heterocycles. The maximum atomic E-state index is 9.33. The average molecular weight is 191 g/mol. The Morgan fingerprint density at radius 1 is 1.38 bits per heavy atom. The van der Waals surface area contributed by atoms with Crippen LogP contribution in [0.5, 0.6) is 0 Å². The summed E-state index contributed by atoms with van der Waals surface area (Å²) in [5.74, 6) is 0. The third-order valence-corrected chi connectivity index (χ3v) is 1.59. The second-order valence-electron chi connectivity index (χ2n) is 2.95. The van der Waals surface area contributed by atoms with E-state index in [4.69, 9.17) is 21.1 Å². The predicted molar refractivity (Wildman–Crippen MR) is 47.9 cm³/mol. The fourth-order valence-electron chi connectivity index (χ4n) is 0.929. The first-order valence-corrected chi connectivity index (χ1v) is 4.07. The number of aliphatic hydroxyl groups excluding tert-OH is 4. The summed E-state index contributed by atoms with van der Waals surface area (Å²) in [7, 11) is 0. The lowest BCUT2D eigenvalue weighted by Crippen LogP contribution is -2.33. The van der Waals surface area contributed by atoms with Gasteiger partial charge in [0.25, 0.3) is 0 Å². The van der Waals surface area contributed by atoms with E-state index in [-0.39, 0.29) is 18.2 Å². The molecule has 5 heteroatoms. The Kier molecular flexibility index (Phi) is 5.85. The average Bonchev–Trinajstić information content (AvgIpc) is 2.11. The SMILES string of the molecule is CC(N)/C=C(/CO)[C@H](O)C(O)CO. The van der Waals surface area contributed by atoms with Crippen LogP contribution >= 0.6 is 0 Å². The molecular formula is C8H17NO4. The van der Waals surface area contributed by atoms with E-state index < -0.39 is 18.8 Å². The van der Waals surface area contributed by atoms with Crippen LogP contribution in [0.3, 0.4) is 0 Å². The topological polar surface area (TPSA) is 107 Å². The van der Waals surface area contributed by atoms with Crippen molar-refractivity contribution in [1.29, 1.82) is 0 Å². The molecule has 0 bridgehead atoms. The van der Waals surface area contributed by atoms with E-state index in [2.05, 4.69) is 0 Å². The molecule has 0 fully saturated rings. The molecule has 5 nitrogen and oxygen atoms in total. The summed E-state index contributed by atoms with van der Waals surface area (Å²) in [5, 5.41) is 35.7. The summed E-state index contributed by atoms with van der Waals surface area (Å²) in [6.07, 6.45) is -1.10. The molecule has 0 amide bonds. The Labute approximate surface area is 77.1 Å². The van der Waals surface area contributed by atoms with Crippen LogP contribution in [0.1, 0.15) is 6.92 Å². The lowest BCUT2D eigenvalue weighted by Gasteiger charge is -2.18. The van der Waals surface area contributed by atoms with Crippen LogP contribution in [0.25, 0.3) is 0 Å². The molecule has 0 aromatic rings. The quantitative estimate of drug-likeness (QED) is 0.322. The summed E-state index contributed by atoms with van der Waals surface area (Å²) in [6, 6.07) is -0.317. The third-order valence-electron chi connectivity index (χ3n) is 1.59. The highest BCUT2D eigenvalue weighted by atomic mass is 16.4. The molecule has 0 rings (SSSR count). The van der Waals surface area contributed by atoms with Crippen molar-refractivity contribution in [3.05, 3.63) is 11.6 Å². The highest BCUT2D eigenvalue weighted by Gasteiger charge is 2.19. The first-order valence-electron chi connectivity index (χ1n) is 4.07. The van der Waals surface area contributed by atoms with Crippen molar-refractivity contribution in [2.24, 2.45) is 5.73 Å². The Bertz CT molecular complexity index is 170. The Morgan fingerprint density at radius 2 is 1.92 bits per heavy atom. The number of rotatable bonds is 5. The van der Waals surface area contributed by atoms with E-state index in [1.165, 1.54) is 6.08 Å². The molecule has 78 valence electrons. The van der Waals surface area contributed by atoms with E-state index in [1.54, 1.807) is 6.92 Å². The van der Waals surface area contributed by atoms with Gasteiger partial charge in [0.1, 0.15) is 12.2 Å². The molecule has 2 unspecified atom stereocenters. The minimum Gasteiger partial charge on any atom is -0.394 e.